The van der Waals surface area contributed by atoms with E-state index in [1.165, 1.54) is 57.8 Å². The quantitative estimate of drug-likeness (QED) is 0.427. The van der Waals surface area contributed by atoms with Gasteiger partial charge in [0.2, 0.25) is 0 Å². The molecule has 0 radical (unpaired) electrons. The van der Waals surface area contributed by atoms with Gasteiger partial charge in [-0.15, -0.1) is 0 Å². The van der Waals surface area contributed by atoms with Crippen LogP contribution in [0.1, 0.15) is 119 Å². The van der Waals surface area contributed by atoms with Gasteiger partial charge < -0.3 is 0 Å². The molecule has 0 aromatic carbocycles. The highest BCUT2D eigenvalue weighted by molar-refractivity contribution is 5.80. The molecule has 2 fully saturated rings. The van der Waals surface area contributed by atoms with E-state index in [4.69, 9.17) is 0 Å². The first-order chi connectivity index (χ1) is 13.6. The standard InChI is InChI=1S/C28H46O/c1-19(2)8-7-9-20(3)23-13-16-28(6)25-11-10-21-18-22(29)12-15-26(21,4)24(25)14-17-27(23,28)5/h19-21,23H,7-18H2,1-6H3. The van der Waals surface area contributed by atoms with Gasteiger partial charge in [0.1, 0.15) is 5.78 Å². The lowest BCUT2D eigenvalue weighted by Gasteiger charge is -2.58. The van der Waals surface area contributed by atoms with Crippen LogP contribution in [0.4, 0.5) is 0 Å². The van der Waals surface area contributed by atoms with Crippen LogP contribution < -0.4 is 0 Å². The monoisotopic (exact) mass is 398 g/mol. The summed E-state index contributed by atoms with van der Waals surface area (Å²) in [5.74, 6) is 3.75. The maximum absolute atomic E-state index is 12.1. The summed E-state index contributed by atoms with van der Waals surface area (Å²) in [6.45, 7) is 15.2. The Balaban J connectivity index is 1.59. The van der Waals surface area contributed by atoms with Crippen LogP contribution in [-0.4, -0.2) is 5.78 Å². The van der Waals surface area contributed by atoms with Crippen LogP contribution >= 0.6 is 0 Å². The van der Waals surface area contributed by atoms with Crippen molar-refractivity contribution in [1.29, 1.82) is 0 Å². The Hall–Kier alpha value is -0.590. The highest BCUT2D eigenvalue weighted by Gasteiger charge is 2.61. The number of ketones is 1. The van der Waals surface area contributed by atoms with E-state index in [0.717, 1.165) is 37.0 Å². The van der Waals surface area contributed by atoms with E-state index >= 15 is 0 Å². The molecule has 6 unspecified atom stereocenters. The van der Waals surface area contributed by atoms with Gasteiger partial charge >= 0.3 is 0 Å². The predicted molar refractivity (Wildman–Crippen MR) is 123 cm³/mol. The first-order valence-corrected chi connectivity index (χ1v) is 12.9. The van der Waals surface area contributed by atoms with Crippen LogP contribution in [0.5, 0.6) is 0 Å². The van der Waals surface area contributed by atoms with E-state index in [9.17, 15) is 4.79 Å². The molecule has 29 heavy (non-hydrogen) atoms. The average Bonchev–Trinajstić information content (AvgIpc) is 2.93. The van der Waals surface area contributed by atoms with Crippen molar-refractivity contribution in [1.82, 2.24) is 0 Å². The summed E-state index contributed by atoms with van der Waals surface area (Å²) in [5.41, 5.74) is 4.92. The molecule has 4 rings (SSSR count). The molecule has 4 aliphatic carbocycles. The van der Waals surface area contributed by atoms with Crippen molar-refractivity contribution in [2.24, 2.45) is 39.9 Å². The molecular weight excluding hydrogens is 352 g/mol. The van der Waals surface area contributed by atoms with Crippen molar-refractivity contribution in [2.45, 2.75) is 119 Å². The highest BCUT2D eigenvalue weighted by atomic mass is 16.1. The van der Waals surface area contributed by atoms with Crippen LogP contribution in [0.2, 0.25) is 0 Å². The largest absolute Gasteiger partial charge is 0.300 e. The van der Waals surface area contributed by atoms with Crippen LogP contribution in [-0.2, 0) is 4.79 Å². The van der Waals surface area contributed by atoms with Crippen molar-refractivity contribution in [2.75, 3.05) is 0 Å². The number of allylic oxidation sites excluding steroid dienone is 2. The fourth-order valence-corrected chi connectivity index (χ4v) is 8.64. The van der Waals surface area contributed by atoms with Crippen molar-refractivity contribution >= 4 is 5.78 Å². The number of hydrogen-bond donors (Lipinski definition) is 0. The van der Waals surface area contributed by atoms with E-state index in [0.29, 0.717) is 27.9 Å². The second-order valence-corrected chi connectivity index (χ2v) is 12.5. The minimum Gasteiger partial charge on any atom is -0.300 e. The SMILES string of the molecule is CC(C)CCCC(C)C1CCC2(C)C3=C(CCC12C)C1(C)CCC(=O)CC1CC3. The zero-order valence-corrected chi connectivity index (χ0v) is 20.2. The third-order valence-electron chi connectivity index (χ3n) is 10.8. The molecular formula is C28H46O. The van der Waals surface area contributed by atoms with Crippen molar-refractivity contribution in [3.05, 3.63) is 11.1 Å². The first kappa shape index (κ1) is 21.6. The molecule has 0 N–H and O–H groups in total. The molecule has 0 bridgehead atoms. The van der Waals surface area contributed by atoms with E-state index in [1.807, 2.05) is 11.1 Å². The lowest BCUT2D eigenvalue weighted by Crippen LogP contribution is -2.49. The van der Waals surface area contributed by atoms with E-state index in [-0.39, 0.29) is 0 Å². The maximum Gasteiger partial charge on any atom is 0.133 e. The van der Waals surface area contributed by atoms with E-state index in [2.05, 4.69) is 41.5 Å². The van der Waals surface area contributed by atoms with Gasteiger partial charge in [-0.3, -0.25) is 4.79 Å². The summed E-state index contributed by atoms with van der Waals surface area (Å²) < 4.78 is 0. The summed E-state index contributed by atoms with van der Waals surface area (Å²) in [5, 5.41) is 0. The van der Waals surface area contributed by atoms with Gasteiger partial charge in [0.05, 0.1) is 0 Å². The lowest BCUT2D eigenvalue weighted by atomic mass is 9.46. The molecule has 0 spiro atoms. The first-order valence-electron chi connectivity index (χ1n) is 12.9. The Labute approximate surface area is 180 Å². The average molecular weight is 399 g/mol. The minimum absolute atomic E-state index is 0.326. The second kappa shape index (κ2) is 7.52. The number of carbonyl (C=O) groups excluding carboxylic acids is 1. The van der Waals surface area contributed by atoms with Gasteiger partial charge in [-0.05, 0) is 84.9 Å². The molecule has 1 nitrogen and oxygen atoms in total. The molecule has 0 aliphatic heterocycles. The summed E-state index contributed by atoms with van der Waals surface area (Å²) in [7, 11) is 0. The lowest BCUT2D eigenvalue weighted by molar-refractivity contribution is -0.124. The number of Topliss-reactive ketones (excluding diaryl/α,β-unsaturated/α-hetero) is 1. The molecule has 0 amide bonds. The normalized spacial score (nSPS) is 43.2. The molecule has 0 heterocycles. The summed E-state index contributed by atoms with van der Waals surface area (Å²) in [6.07, 6.45) is 15.1. The van der Waals surface area contributed by atoms with Gasteiger partial charge in [-0.25, -0.2) is 0 Å². The molecule has 0 aromatic heterocycles. The number of carbonyl (C=O) groups is 1. The Morgan fingerprint density at radius 2 is 1.66 bits per heavy atom. The molecule has 0 saturated heterocycles. The fraction of sp³-hybridized carbons (Fsp3) is 0.893. The van der Waals surface area contributed by atoms with Gasteiger partial charge in [0.15, 0.2) is 0 Å². The molecule has 2 saturated carbocycles. The predicted octanol–water partition coefficient (Wildman–Crippen LogP) is 8.13. The summed E-state index contributed by atoms with van der Waals surface area (Å²) >= 11 is 0. The zero-order chi connectivity index (χ0) is 21.0. The highest BCUT2D eigenvalue weighted by Crippen LogP contribution is 2.71. The molecule has 164 valence electrons. The third kappa shape index (κ3) is 3.28. The van der Waals surface area contributed by atoms with Crippen LogP contribution in [0.15, 0.2) is 11.1 Å². The Morgan fingerprint density at radius 1 is 0.897 bits per heavy atom. The van der Waals surface area contributed by atoms with Crippen molar-refractivity contribution < 1.29 is 4.79 Å². The Morgan fingerprint density at radius 3 is 2.38 bits per heavy atom. The van der Waals surface area contributed by atoms with Crippen LogP contribution in [0.25, 0.3) is 0 Å². The van der Waals surface area contributed by atoms with E-state index < -0.39 is 0 Å². The second-order valence-electron chi connectivity index (χ2n) is 12.5. The van der Waals surface area contributed by atoms with Gasteiger partial charge in [0, 0.05) is 12.8 Å². The summed E-state index contributed by atoms with van der Waals surface area (Å²) in [4.78, 5) is 12.1. The third-order valence-corrected chi connectivity index (χ3v) is 10.8. The number of fused-ring (bicyclic) bond motifs is 4. The van der Waals surface area contributed by atoms with Crippen molar-refractivity contribution in [3.8, 4) is 0 Å². The van der Waals surface area contributed by atoms with E-state index in [1.54, 1.807) is 0 Å². The molecule has 4 aliphatic rings. The zero-order valence-electron chi connectivity index (χ0n) is 20.2. The van der Waals surface area contributed by atoms with Gasteiger partial charge in [-0.2, -0.15) is 0 Å². The smallest absolute Gasteiger partial charge is 0.133 e. The molecule has 6 atom stereocenters. The summed E-state index contributed by atoms with van der Waals surface area (Å²) in [6, 6.07) is 0. The number of rotatable bonds is 5. The van der Waals surface area contributed by atoms with Gasteiger partial charge in [-0.1, -0.05) is 72.0 Å². The van der Waals surface area contributed by atoms with Crippen LogP contribution in [0.3, 0.4) is 0 Å². The van der Waals surface area contributed by atoms with Gasteiger partial charge in [0.25, 0.3) is 0 Å². The Bertz CT molecular complexity index is 686. The molecule has 1 heteroatoms. The maximum atomic E-state index is 12.1. The molecule has 0 aromatic rings. The van der Waals surface area contributed by atoms with Crippen molar-refractivity contribution in [3.63, 3.8) is 0 Å². The van der Waals surface area contributed by atoms with Crippen LogP contribution in [0, 0.1) is 39.9 Å². The fourth-order valence-electron chi connectivity index (χ4n) is 8.64. The minimum atomic E-state index is 0.326. The Kier molecular flexibility index (Phi) is 5.61. The number of hydrogen-bond acceptors (Lipinski definition) is 1. The topological polar surface area (TPSA) is 17.1 Å².